The number of rotatable bonds is 2. The van der Waals surface area contributed by atoms with Crippen LogP contribution in [0, 0.1) is 0 Å². The molecule has 0 bridgehead atoms. The molecule has 2 atom stereocenters. The van der Waals surface area contributed by atoms with E-state index in [2.05, 4.69) is 0 Å². The summed E-state index contributed by atoms with van der Waals surface area (Å²) in [7, 11) is 0. The maximum atomic E-state index is 11.6. The molecule has 5 nitrogen and oxygen atoms in total. The predicted octanol–water partition coefficient (Wildman–Crippen LogP) is 1.44. The zero-order valence-corrected chi connectivity index (χ0v) is 10.6. The second-order valence-electron chi connectivity index (χ2n) is 4.06. The Morgan fingerprint density at radius 1 is 1.44 bits per heavy atom. The van der Waals surface area contributed by atoms with Crippen molar-refractivity contribution in [2.24, 2.45) is 0 Å². The van der Waals surface area contributed by atoms with Crippen molar-refractivity contribution in [2.75, 3.05) is 5.75 Å². The Labute approximate surface area is 108 Å². The van der Waals surface area contributed by atoms with E-state index in [0.717, 1.165) is 5.56 Å². The number of amides is 1. The fourth-order valence-electron chi connectivity index (χ4n) is 2.02. The van der Waals surface area contributed by atoms with Crippen molar-refractivity contribution in [3.8, 4) is 5.75 Å². The number of carbonyl (C=O) groups is 2. The molecule has 1 heterocycles. The van der Waals surface area contributed by atoms with Crippen LogP contribution in [0.5, 0.6) is 5.75 Å². The van der Waals surface area contributed by atoms with E-state index in [9.17, 15) is 14.7 Å². The number of hydrogen-bond donors (Lipinski definition) is 2. The molecule has 2 N–H and O–H groups in total. The van der Waals surface area contributed by atoms with Crippen LogP contribution in [0.2, 0.25) is 0 Å². The van der Waals surface area contributed by atoms with Crippen LogP contribution in [0.25, 0.3) is 0 Å². The van der Waals surface area contributed by atoms with E-state index < -0.39 is 12.0 Å². The molecule has 0 radical (unpaired) electrons. The van der Waals surface area contributed by atoms with Crippen LogP contribution < -0.4 is 0 Å². The van der Waals surface area contributed by atoms with Gasteiger partial charge >= 0.3 is 5.97 Å². The Balaban J connectivity index is 2.33. The predicted molar refractivity (Wildman–Crippen MR) is 67.2 cm³/mol. The number of carboxylic acids is 1. The SMILES string of the molecule is CC(=O)N1C(C(=O)O)CSC1c1cccc(O)c1. The summed E-state index contributed by atoms with van der Waals surface area (Å²) in [5.74, 6) is -0.814. The lowest BCUT2D eigenvalue weighted by atomic mass is 10.1. The van der Waals surface area contributed by atoms with E-state index in [1.165, 1.54) is 29.7 Å². The molecule has 1 fully saturated rings. The van der Waals surface area contributed by atoms with Gasteiger partial charge in [0.1, 0.15) is 17.2 Å². The summed E-state index contributed by atoms with van der Waals surface area (Å²) in [6.07, 6.45) is 0. The van der Waals surface area contributed by atoms with Gasteiger partial charge in [0.2, 0.25) is 5.91 Å². The van der Waals surface area contributed by atoms with Gasteiger partial charge in [-0.15, -0.1) is 11.8 Å². The van der Waals surface area contributed by atoms with E-state index in [0.29, 0.717) is 5.75 Å². The number of benzene rings is 1. The molecule has 18 heavy (non-hydrogen) atoms. The topological polar surface area (TPSA) is 77.8 Å². The Bertz CT molecular complexity index is 491. The zero-order valence-electron chi connectivity index (χ0n) is 9.74. The fourth-order valence-corrected chi connectivity index (χ4v) is 3.48. The van der Waals surface area contributed by atoms with Crippen molar-refractivity contribution >= 4 is 23.6 Å². The van der Waals surface area contributed by atoms with Gasteiger partial charge in [0.15, 0.2) is 0 Å². The quantitative estimate of drug-likeness (QED) is 0.847. The van der Waals surface area contributed by atoms with Crippen molar-refractivity contribution in [2.45, 2.75) is 18.3 Å². The molecule has 1 amide bonds. The summed E-state index contributed by atoms with van der Waals surface area (Å²) in [5, 5.41) is 18.2. The third kappa shape index (κ3) is 2.28. The van der Waals surface area contributed by atoms with Gasteiger partial charge in [-0.2, -0.15) is 0 Å². The largest absolute Gasteiger partial charge is 0.508 e. The molecular formula is C12H13NO4S. The normalized spacial score (nSPS) is 23.1. The van der Waals surface area contributed by atoms with E-state index in [1.54, 1.807) is 18.2 Å². The Kier molecular flexibility index (Phi) is 3.47. The lowest BCUT2D eigenvalue weighted by molar-refractivity contribution is -0.148. The third-order valence-corrected chi connectivity index (χ3v) is 4.13. The molecule has 0 aliphatic carbocycles. The van der Waals surface area contributed by atoms with Gasteiger partial charge in [-0.1, -0.05) is 12.1 Å². The molecule has 0 spiro atoms. The average Bonchev–Trinajstić information content (AvgIpc) is 2.73. The standard InChI is InChI=1S/C12H13NO4S/c1-7(14)13-10(12(16)17)6-18-11(13)8-3-2-4-9(15)5-8/h2-5,10-11,15H,6H2,1H3,(H,16,17). The van der Waals surface area contributed by atoms with Gasteiger partial charge in [0.05, 0.1) is 0 Å². The van der Waals surface area contributed by atoms with Crippen LogP contribution in [0.1, 0.15) is 17.9 Å². The van der Waals surface area contributed by atoms with Crippen LogP contribution in [-0.2, 0) is 9.59 Å². The lowest BCUT2D eigenvalue weighted by Crippen LogP contribution is -2.41. The summed E-state index contributed by atoms with van der Waals surface area (Å²) in [6, 6.07) is 5.74. The van der Waals surface area contributed by atoms with Crippen molar-refractivity contribution in [3.05, 3.63) is 29.8 Å². The van der Waals surface area contributed by atoms with Crippen LogP contribution in [0.3, 0.4) is 0 Å². The monoisotopic (exact) mass is 267 g/mol. The molecule has 1 aliphatic rings. The number of hydrogen-bond acceptors (Lipinski definition) is 4. The van der Waals surface area contributed by atoms with Gasteiger partial charge in [-0.25, -0.2) is 4.79 Å². The fraction of sp³-hybridized carbons (Fsp3) is 0.333. The zero-order chi connectivity index (χ0) is 13.3. The first-order chi connectivity index (χ1) is 8.50. The minimum Gasteiger partial charge on any atom is -0.508 e. The summed E-state index contributed by atoms with van der Waals surface area (Å²) >= 11 is 1.39. The van der Waals surface area contributed by atoms with Gasteiger partial charge in [0, 0.05) is 12.7 Å². The molecule has 6 heteroatoms. The second kappa shape index (κ2) is 4.89. The molecule has 1 saturated heterocycles. The van der Waals surface area contributed by atoms with Crippen LogP contribution in [-0.4, -0.2) is 38.8 Å². The number of aromatic hydroxyl groups is 1. The second-order valence-corrected chi connectivity index (χ2v) is 5.17. The minimum absolute atomic E-state index is 0.107. The first-order valence-electron chi connectivity index (χ1n) is 5.43. The number of aliphatic carboxylic acids is 1. The number of thioether (sulfide) groups is 1. The number of nitrogens with zero attached hydrogens (tertiary/aromatic N) is 1. The van der Waals surface area contributed by atoms with Crippen molar-refractivity contribution < 1.29 is 19.8 Å². The van der Waals surface area contributed by atoms with Crippen LogP contribution in [0.15, 0.2) is 24.3 Å². The molecule has 0 aromatic heterocycles. The van der Waals surface area contributed by atoms with E-state index in [4.69, 9.17) is 5.11 Å². The highest BCUT2D eigenvalue weighted by Gasteiger charge is 2.40. The van der Waals surface area contributed by atoms with Crippen LogP contribution >= 0.6 is 11.8 Å². The summed E-state index contributed by atoms with van der Waals surface area (Å²) in [6.45, 7) is 1.36. The highest BCUT2D eigenvalue weighted by atomic mass is 32.2. The first-order valence-corrected chi connectivity index (χ1v) is 6.48. The molecule has 1 aromatic carbocycles. The van der Waals surface area contributed by atoms with Gasteiger partial charge < -0.3 is 15.1 Å². The number of phenols is 1. The molecular weight excluding hydrogens is 254 g/mol. The molecule has 96 valence electrons. The smallest absolute Gasteiger partial charge is 0.327 e. The number of phenolic OH excluding ortho intramolecular Hbond substituents is 1. The summed E-state index contributed by atoms with van der Waals surface area (Å²) in [4.78, 5) is 24.1. The van der Waals surface area contributed by atoms with Crippen molar-refractivity contribution in [1.29, 1.82) is 0 Å². The summed E-state index contributed by atoms with van der Waals surface area (Å²) in [5.41, 5.74) is 0.735. The lowest BCUT2D eigenvalue weighted by Gasteiger charge is -2.26. The molecule has 1 aromatic rings. The Morgan fingerprint density at radius 3 is 2.72 bits per heavy atom. The highest BCUT2D eigenvalue weighted by molar-refractivity contribution is 7.99. The molecule has 1 aliphatic heterocycles. The molecule has 2 unspecified atom stereocenters. The maximum absolute atomic E-state index is 11.6. The van der Waals surface area contributed by atoms with E-state index in [1.807, 2.05) is 0 Å². The Morgan fingerprint density at radius 2 is 2.17 bits per heavy atom. The van der Waals surface area contributed by atoms with E-state index >= 15 is 0 Å². The van der Waals surface area contributed by atoms with Gasteiger partial charge in [0.25, 0.3) is 0 Å². The van der Waals surface area contributed by atoms with Crippen molar-refractivity contribution in [1.82, 2.24) is 4.90 Å². The van der Waals surface area contributed by atoms with Crippen molar-refractivity contribution in [3.63, 3.8) is 0 Å². The van der Waals surface area contributed by atoms with E-state index in [-0.39, 0.29) is 17.0 Å². The van der Waals surface area contributed by atoms with Gasteiger partial charge in [-0.05, 0) is 17.7 Å². The number of carbonyl (C=O) groups excluding carboxylic acids is 1. The summed E-state index contributed by atoms with van der Waals surface area (Å²) < 4.78 is 0. The maximum Gasteiger partial charge on any atom is 0.327 e. The average molecular weight is 267 g/mol. The number of carboxylic acid groups (broad SMARTS) is 1. The molecule has 2 rings (SSSR count). The van der Waals surface area contributed by atoms with Crippen LogP contribution in [0.4, 0.5) is 0 Å². The third-order valence-electron chi connectivity index (χ3n) is 2.80. The van der Waals surface area contributed by atoms with Gasteiger partial charge in [-0.3, -0.25) is 4.79 Å². The Hall–Kier alpha value is -1.69. The minimum atomic E-state index is -1.000. The highest BCUT2D eigenvalue weighted by Crippen LogP contribution is 2.42. The molecule has 0 saturated carbocycles. The first kappa shape index (κ1) is 12.8.